The van der Waals surface area contributed by atoms with E-state index < -0.39 is 64.9 Å². The number of aromatic nitrogens is 2. The van der Waals surface area contributed by atoms with Crippen LogP contribution in [0.25, 0.3) is 0 Å². The monoisotopic (exact) mass is 693 g/mol. The zero-order valence-electron chi connectivity index (χ0n) is 27.5. The Bertz CT molecular complexity index is 2020. The van der Waals surface area contributed by atoms with Gasteiger partial charge in [0.2, 0.25) is 0 Å². The van der Waals surface area contributed by atoms with Crippen molar-refractivity contribution in [3.05, 3.63) is 158 Å². The van der Waals surface area contributed by atoms with Crippen LogP contribution in [0.5, 0.6) is 17.2 Å². The summed E-state index contributed by atoms with van der Waals surface area (Å²) < 4.78 is 18.2. The van der Waals surface area contributed by atoms with Crippen molar-refractivity contribution in [2.24, 2.45) is 0 Å². The van der Waals surface area contributed by atoms with E-state index in [1.807, 2.05) is 91.0 Å². The lowest BCUT2D eigenvalue weighted by molar-refractivity contribution is -0.172. The number of carbonyl (C=O) groups is 2. The largest absolute Gasteiger partial charge is 0.504 e. The summed E-state index contributed by atoms with van der Waals surface area (Å²) in [5, 5.41) is 29.0. The van der Waals surface area contributed by atoms with E-state index in [1.165, 1.54) is 10.8 Å². The van der Waals surface area contributed by atoms with Gasteiger partial charge in [0.15, 0.2) is 30.1 Å². The van der Waals surface area contributed by atoms with Gasteiger partial charge in [-0.05, 0) is 35.7 Å². The second-order valence-electron chi connectivity index (χ2n) is 12.0. The van der Waals surface area contributed by atoms with E-state index in [0.717, 1.165) is 28.8 Å². The molecule has 4 aromatic carbocycles. The maximum atomic E-state index is 13.2. The Hall–Kier alpha value is -6.18. The molecule has 5 aromatic rings. The van der Waals surface area contributed by atoms with Crippen LogP contribution < -0.4 is 11.2 Å². The summed E-state index contributed by atoms with van der Waals surface area (Å²) in [5.74, 6) is -4.25. The Kier molecular flexibility index (Phi) is 10.0. The number of phenols is 3. The summed E-state index contributed by atoms with van der Waals surface area (Å²) in [6.07, 6.45) is -0.316. The van der Waals surface area contributed by atoms with Gasteiger partial charge in [0.05, 0.1) is 11.1 Å². The summed E-state index contributed by atoms with van der Waals surface area (Å²) in [4.78, 5) is 55.3. The second kappa shape index (κ2) is 14.7. The molecular weight excluding hydrogens is 658 g/mol. The molecule has 0 aliphatic carbocycles. The zero-order chi connectivity index (χ0) is 36.1. The first-order valence-corrected chi connectivity index (χ1v) is 16.0. The number of morpholine rings is 1. The van der Waals surface area contributed by atoms with Crippen molar-refractivity contribution < 1.29 is 39.1 Å². The summed E-state index contributed by atoms with van der Waals surface area (Å²) in [7, 11) is 0. The molecule has 13 nitrogen and oxygen atoms in total. The third kappa shape index (κ3) is 7.11. The number of nitrogens with zero attached hydrogens (tertiary/aromatic N) is 2. The number of nitrogens with one attached hydrogen (secondary N) is 1. The standard InChI is InChI=1S/C38H35N3O10/c1-24-19-41(37(48)39-35(24)46)32-21-40(20-29(51-32)22-49-33(44)23-50-36(47)25-17-30(42)34(45)31(43)18-25)38(26-11-5-2-6-12-26,27-13-7-3-8-14-27)28-15-9-4-10-16-28/h2-19,29,32,42-43,45H,20-23H2,1H3,(H,39,46,48). The predicted octanol–water partition coefficient (Wildman–Crippen LogP) is 3.55. The highest BCUT2D eigenvalue weighted by atomic mass is 16.6. The molecule has 51 heavy (non-hydrogen) atoms. The lowest BCUT2D eigenvalue weighted by Crippen LogP contribution is -2.58. The Morgan fingerprint density at radius 2 is 1.35 bits per heavy atom. The number of benzene rings is 4. The molecule has 13 heteroatoms. The minimum atomic E-state index is -1.05. The van der Waals surface area contributed by atoms with Gasteiger partial charge in [0.25, 0.3) is 5.56 Å². The molecule has 4 N–H and O–H groups in total. The van der Waals surface area contributed by atoms with Gasteiger partial charge in [-0.15, -0.1) is 0 Å². The fourth-order valence-corrected chi connectivity index (χ4v) is 6.38. The summed E-state index contributed by atoms with van der Waals surface area (Å²) >= 11 is 0. The van der Waals surface area contributed by atoms with Gasteiger partial charge in [-0.3, -0.25) is 19.2 Å². The maximum Gasteiger partial charge on any atom is 0.344 e. The van der Waals surface area contributed by atoms with Crippen molar-refractivity contribution in [3.63, 3.8) is 0 Å². The maximum absolute atomic E-state index is 13.2. The van der Waals surface area contributed by atoms with E-state index >= 15 is 0 Å². The third-order valence-electron chi connectivity index (χ3n) is 8.71. The van der Waals surface area contributed by atoms with Crippen LogP contribution >= 0.6 is 0 Å². The molecule has 1 saturated heterocycles. The number of H-pyrrole nitrogens is 1. The normalized spacial score (nSPS) is 16.3. The number of phenolic OH excluding ortho intramolecular Hbond substituents is 3. The Morgan fingerprint density at radius 1 is 0.824 bits per heavy atom. The number of hydrogen-bond donors (Lipinski definition) is 4. The van der Waals surface area contributed by atoms with Gasteiger partial charge < -0.3 is 29.5 Å². The second-order valence-corrected chi connectivity index (χ2v) is 12.0. The highest BCUT2D eigenvalue weighted by Gasteiger charge is 2.46. The molecule has 262 valence electrons. The highest BCUT2D eigenvalue weighted by Crippen LogP contribution is 2.44. The molecule has 0 bridgehead atoms. The van der Waals surface area contributed by atoms with Crippen LogP contribution in [0.4, 0.5) is 0 Å². The van der Waals surface area contributed by atoms with Crippen LogP contribution in [-0.4, -0.2) is 74.1 Å². The topological polar surface area (TPSA) is 181 Å². The number of rotatable bonds is 10. The zero-order valence-corrected chi connectivity index (χ0v) is 27.5. The fraction of sp³-hybridized carbons (Fsp3) is 0.211. The van der Waals surface area contributed by atoms with Gasteiger partial charge in [0, 0.05) is 24.8 Å². The summed E-state index contributed by atoms with van der Waals surface area (Å²) in [5.41, 5.74) is 0.684. The number of aromatic amines is 1. The third-order valence-corrected chi connectivity index (χ3v) is 8.71. The van der Waals surface area contributed by atoms with Crippen molar-refractivity contribution in [1.29, 1.82) is 0 Å². The van der Waals surface area contributed by atoms with Crippen LogP contribution in [-0.2, 0) is 24.5 Å². The van der Waals surface area contributed by atoms with Gasteiger partial charge in [-0.25, -0.2) is 14.4 Å². The van der Waals surface area contributed by atoms with Gasteiger partial charge >= 0.3 is 17.6 Å². The van der Waals surface area contributed by atoms with Crippen LogP contribution in [0, 0.1) is 6.92 Å². The van der Waals surface area contributed by atoms with Crippen molar-refractivity contribution in [2.45, 2.75) is 24.8 Å². The molecule has 0 spiro atoms. The number of hydrogen-bond acceptors (Lipinski definition) is 11. The highest BCUT2D eigenvalue weighted by molar-refractivity contribution is 5.92. The van der Waals surface area contributed by atoms with E-state index in [4.69, 9.17) is 14.2 Å². The smallest absolute Gasteiger partial charge is 0.344 e. The Balaban J connectivity index is 1.34. The van der Waals surface area contributed by atoms with Crippen LogP contribution in [0.3, 0.4) is 0 Å². The van der Waals surface area contributed by atoms with Crippen LogP contribution in [0.2, 0.25) is 0 Å². The van der Waals surface area contributed by atoms with Crippen LogP contribution in [0.1, 0.15) is 38.8 Å². The molecule has 1 fully saturated rings. The van der Waals surface area contributed by atoms with E-state index in [0.29, 0.717) is 5.56 Å². The fourth-order valence-electron chi connectivity index (χ4n) is 6.38. The first-order chi connectivity index (χ1) is 24.6. The first kappa shape index (κ1) is 34.7. The number of esters is 2. The SMILES string of the molecule is Cc1cn(C2CN(C(c3ccccc3)(c3ccccc3)c3ccccc3)CC(COC(=O)COC(=O)c3cc(O)c(O)c(O)c3)O2)c(=O)[nH]c1=O. The number of aromatic hydroxyl groups is 3. The molecule has 6 rings (SSSR count). The Labute approximate surface area is 291 Å². The van der Waals surface area contributed by atoms with Crippen LogP contribution in [0.15, 0.2) is 119 Å². The summed E-state index contributed by atoms with van der Waals surface area (Å²) in [6.45, 7) is 0.875. The lowest BCUT2D eigenvalue weighted by atomic mass is 9.75. The van der Waals surface area contributed by atoms with Gasteiger partial charge in [-0.2, -0.15) is 0 Å². The quantitative estimate of drug-likeness (QED) is 0.0955. The molecule has 1 aromatic heterocycles. The van der Waals surface area contributed by atoms with Crippen molar-refractivity contribution in [1.82, 2.24) is 14.5 Å². The predicted molar refractivity (Wildman–Crippen MR) is 183 cm³/mol. The Morgan fingerprint density at radius 3 is 1.88 bits per heavy atom. The molecule has 0 saturated carbocycles. The number of aryl methyl sites for hydroxylation is 1. The van der Waals surface area contributed by atoms with E-state index in [9.17, 15) is 34.5 Å². The van der Waals surface area contributed by atoms with E-state index in [-0.39, 0.29) is 25.3 Å². The van der Waals surface area contributed by atoms with E-state index in [2.05, 4.69) is 9.88 Å². The molecule has 0 amide bonds. The molecule has 1 aliphatic rings. The van der Waals surface area contributed by atoms with Crippen molar-refractivity contribution >= 4 is 11.9 Å². The van der Waals surface area contributed by atoms with Crippen molar-refractivity contribution in [3.8, 4) is 17.2 Å². The van der Waals surface area contributed by atoms with Crippen molar-refractivity contribution in [2.75, 3.05) is 26.3 Å². The average molecular weight is 694 g/mol. The van der Waals surface area contributed by atoms with Gasteiger partial charge in [-0.1, -0.05) is 91.0 Å². The average Bonchev–Trinajstić information content (AvgIpc) is 3.15. The first-order valence-electron chi connectivity index (χ1n) is 16.0. The minimum Gasteiger partial charge on any atom is -0.504 e. The number of carbonyl (C=O) groups excluding carboxylic acids is 2. The number of ether oxygens (including phenoxy) is 3. The molecule has 1 aliphatic heterocycles. The minimum absolute atomic E-state index is 0.179. The molecular formula is C38H35N3O10. The molecule has 2 unspecified atom stereocenters. The summed E-state index contributed by atoms with van der Waals surface area (Å²) in [6, 6.07) is 31.4. The lowest BCUT2D eigenvalue weighted by Gasteiger charge is -2.50. The van der Waals surface area contributed by atoms with E-state index in [1.54, 1.807) is 6.92 Å². The molecule has 0 radical (unpaired) electrons. The van der Waals surface area contributed by atoms with Gasteiger partial charge in [0.1, 0.15) is 12.7 Å². The molecule has 2 atom stereocenters. The molecule has 2 heterocycles.